The van der Waals surface area contributed by atoms with Gasteiger partial charge in [-0.1, -0.05) is 30.3 Å². The molecule has 4 heteroatoms. The van der Waals surface area contributed by atoms with Gasteiger partial charge < -0.3 is 4.74 Å². The number of carbonyl (C=O) groups is 3. The first kappa shape index (κ1) is 13.1. The number of Topliss-reactive ketones (excluding diaryl/α,β-unsaturated/α-hetero) is 2. The van der Waals surface area contributed by atoms with Gasteiger partial charge in [-0.2, -0.15) is 0 Å². The molecule has 0 amide bonds. The van der Waals surface area contributed by atoms with Crippen LogP contribution in [0.25, 0.3) is 0 Å². The first-order chi connectivity index (χ1) is 8.02. The molecule has 17 heavy (non-hydrogen) atoms. The van der Waals surface area contributed by atoms with Crippen molar-refractivity contribution in [1.29, 1.82) is 0 Å². The summed E-state index contributed by atoms with van der Waals surface area (Å²) in [6, 6.07) is 8.47. The number of carbonyl (C=O) groups excluding carboxylic acids is 3. The summed E-state index contributed by atoms with van der Waals surface area (Å²) in [6.45, 7) is 2.79. The molecule has 1 aromatic rings. The summed E-state index contributed by atoms with van der Waals surface area (Å²) in [5, 5.41) is 0. The smallest absolute Gasteiger partial charge is 0.293 e. The fraction of sp³-hybridized carbons (Fsp3) is 0.308. The molecule has 4 nitrogen and oxygen atoms in total. The van der Waals surface area contributed by atoms with Crippen LogP contribution in [0.15, 0.2) is 30.3 Å². The van der Waals surface area contributed by atoms with E-state index in [0.717, 1.165) is 0 Å². The molecule has 0 saturated carbocycles. The molecule has 0 aliphatic carbocycles. The van der Waals surface area contributed by atoms with Crippen LogP contribution in [0.4, 0.5) is 0 Å². The van der Waals surface area contributed by atoms with Gasteiger partial charge in [0.15, 0.2) is 5.78 Å². The van der Waals surface area contributed by atoms with Gasteiger partial charge in [-0.3, -0.25) is 14.4 Å². The van der Waals surface area contributed by atoms with E-state index in [1.807, 2.05) is 0 Å². The Morgan fingerprint density at radius 2 is 1.88 bits per heavy atom. The lowest BCUT2D eigenvalue weighted by molar-refractivity contribution is -0.135. The third kappa shape index (κ3) is 2.78. The molecule has 0 radical (unpaired) electrons. The minimum absolute atomic E-state index is 0.236. The summed E-state index contributed by atoms with van der Waals surface area (Å²) < 4.78 is 4.58. The Balaban J connectivity index is 3.03. The maximum Gasteiger partial charge on any atom is 0.293 e. The van der Waals surface area contributed by atoms with Crippen LogP contribution in [0.5, 0.6) is 0 Å². The molecule has 0 spiro atoms. The van der Waals surface area contributed by atoms with Crippen molar-refractivity contribution in [2.24, 2.45) is 5.41 Å². The second kappa shape index (κ2) is 5.39. The maximum atomic E-state index is 12.2. The number of benzene rings is 1. The molecule has 1 rings (SSSR count). The third-order valence-corrected chi connectivity index (χ3v) is 2.75. The van der Waals surface area contributed by atoms with Crippen molar-refractivity contribution in [3.8, 4) is 0 Å². The minimum atomic E-state index is -1.32. The molecular weight excluding hydrogens is 220 g/mol. The second-order valence-electron chi connectivity index (χ2n) is 3.99. The number of rotatable bonds is 6. The molecule has 0 heterocycles. The zero-order valence-corrected chi connectivity index (χ0v) is 9.80. The van der Waals surface area contributed by atoms with Crippen LogP contribution < -0.4 is 0 Å². The molecule has 0 saturated heterocycles. The average molecular weight is 234 g/mol. The quantitative estimate of drug-likeness (QED) is 0.426. The lowest BCUT2D eigenvalue weighted by Gasteiger charge is -2.23. The SMILES string of the molecule is CC(=O)C(C)(COC=O)C(=O)c1ccccc1. The van der Waals surface area contributed by atoms with Crippen LogP contribution in [-0.2, 0) is 14.3 Å². The van der Waals surface area contributed by atoms with Gasteiger partial charge in [0.05, 0.1) is 0 Å². The van der Waals surface area contributed by atoms with E-state index in [9.17, 15) is 14.4 Å². The average Bonchev–Trinajstić information content (AvgIpc) is 2.35. The first-order valence-electron chi connectivity index (χ1n) is 5.18. The van der Waals surface area contributed by atoms with Crippen LogP contribution in [0.1, 0.15) is 24.2 Å². The summed E-state index contributed by atoms with van der Waals surface area (Å²) >= 11 is 0. The molecule has 0 aromatic heterocycles. The van der Waals surface area contributed by atoms with Gasteiger partial charge >= 0.3 is 0 Å². The number of ether oxygens (including phenoxy) is 1. The Kier molecular flexibility index (Phi) is 4.15. The van der Waals surface area contributed by atoms with Gasteiger partial charge in [0.1, 0.15) is 17.8 Å². The Labute approximate surface area is 99.6 Å². The predicted molar refractivity (Wildman–Crippen MR) is 61.6 cm³/mol. The van der Waals surface area contributed by atoms with E-state index in [-0.39, 0.29) is 24.6 Å². The van der Waals surface area contributed by atoms with Crippen LogP contribution in [0, 0.1) is 5.41 Å². The third-order valence-electron chi connectivity index (χ3n) is 2.75. The van der Waals surface area contributed by atoms with Crippen molar-refractivity contribution in [2.75, 3.05) is 6.61 Å². The van der Waals surface area contributed by atoms with Gasteiger partial charge in [0, 0.05) is 5.56 Å². The van der Waals surface area contributed by atoms with Crippen molar-refractivity contribution < 1.29 is 19.1 Å². The summed E-state index contributed by atoms with van der Waals surface area (Å²) in [5.41, 5.74) is -0.887. The summed E-state index contributed by atoms with van der Waals surface area (Å²) in [5.74, 6) is -0.666. The van der Waals surface area contributed by atoms with Gasteiger partial charge in [0.2, 0.25) is 0 Å². The molecule has 0 aliphatic heterocycles. The molecule has 0 aliphatic rings. The van der Waals surface area contributed by atoms with Crippen molar-refractivity contribution >= 4 is 18.0 Å². The number of hydrogen-bond donors (Lipinski definition) is 0. The van der Waals surface area contributed by atoms with Gasteiger partial charge in [-0.15, -0.1) is 0 Å². The van der Waals surface area contributed by atoms with Crippen LogP contribution in [-0.4, -0.2) is 24.6 Å². The zero-order valence-electron chi connectivity index (χ0n) is 9.80. The van der Waals surface area contributed by atoms with Crippen molar-refractivity contribution in [3.05, 3.63) is 35.9 Å². The largest absolute Gasteiger partial charge is 0.466 e. The topological polar surface area (TPSA) is 60.4 Å². The van der Waals surface area contributed by atoms with E-state index in [1.165, 1.54) is 13.8 Å². The van der Waals surface area contributed by atoms with E-state index < -0.39 is 5.41 Å². The monoisotopic (exact) mass is 234 g/mol. The van der Waals surface area contributed by atoms with E-state index >= 15 is 0 Å². The van der Waals surface area contributed by atoms with Gasteiger partial charge in [-0.25, -0.2) is 0 Å². The summed E-state index contributed by atoms with van der Waals surface area (Å²) in [6.07, 6.45) is 0. The van der Waals surface area contributed by atoms with E-state index in [0.29, 0.717) is 5.56 Å². The molecule has 1 atom stereocenters. The number of hydrogen-bond acceptors (Lipinski definition) is 4. The lowest BCUT2D eigenvalue weighted by Crippen LogP contribution is -2.39. The van der Waals surface area contributed by atoms with E-state index in [1.54, 1.807) is 30.3 Å². The van der Waals surface area contributed by atoms with E-state index in [4.69, 9.17) is 0 Å². The van der Waals surface area contributed by atoms with Crippen LogP contribution in [0.2, 0.25) is 0 Å². The molecule has 0 N–H and O–H groups in total. The minimum Gasteiger partial charge on any atom is -0.466 e. The van der Waals surface area contributed by atoms with Gasteiger partial charge in [0.25, 0.3) is 6.47 Å². The molecular formula is C13H14O4. The number of ketones is 2. The van der Waals surface area contributed by atoms with Crippen LogP contribution in [0.3, 0.4) is 0 Å². The molecule has 0 bridgehead atoms. The second-order valence-corrected chi connectivity index (χ2v) is 3.99. The van der Waals surface area contributed by atoms with Crippen LogP contribution >= 0.6 is 0 Å². The predicted octanol–water partition coefficient (Wildman–Crippen LogP) is 1.64. The Morgan fingerprint density at radius 3 is 2.35 bits per heavy atom. The highest BCUT2D eigenvalue weighted by molar-refractivity contribution is 6.13. The normalized spacial score (nSPS) is 13.5. The summed E-state index contributed by atoms with van der Waals surface area (Å²) in [7, 11) is 0. The lowest BCUT2D eigenvalue weighted by atomic mass is 9.79. The standard InChI is InChI=1S/C13H14O4/c1-10(15)13(2,8-17-9-14)12(16)11-6-4-3-5-7-11/h3-7,9H,8H2,1-2H3. The van der Waals surface area contributed by atoms with Crippen molar-refractivity contribution in [1.82, 2.24) is 0 Å². The fourth-order valence-corrected chi connectivity index (χ4v) is 1.44. The van der Waals surface area contributed by atoms with Gasteiger partial charge in [-0.05, 0) is 13.8 Å². The summed E-state index contributed by atoms with van der Waals surface area (Å²) in [4.78, 5) is 34.0. The first-order valence-corrected chi connectivity index (χ1v) is 5.18. The van der Waals surface area contributed by atoms with Crippen molar-refractivity contribution in [2.45, 2.75) is 13.8 Å². The highest BCUT2D eigenvalue weighted by atomic mass is 16.5. The molecule has 1 aromatic carbocycles. The van der Waals surface area contributed by atoms with E-state index in [2.05, 4.69) is 4.74 Å². The highest BCUT2D eigenvalue weighted by Gasteiger charge is 2.39. The zero-order chi connectivity index (χ0) is 12.9. The molecule has 0 fully saturated rings. The Hall–Kier alpha value is -1.97. The highest BCUT2D eigenvalue weighted by Crippen LogP contribution is 2.24. The maximum absolute atomic E-state index is 12.2. The Bertz CT molecular complexity index is 424. The molecule has 90 valence electrons. The fourth-order valence-electron chi connectivity index (χ4n) is 1.44. The molecule has 1 unspecified atom stereocenters. The Morgan fingerprint density at radius 1 is 1.29 bits per heavy atom. The van der Waals surface area contributed by atoms with Crippen molar-refractivity contribution in [3.63, 3.8) is 0 Å².